The number of halogens is 17. The molecule has 0 aromatic heterocycles. The van der Waals surface area contributed by atoms with E-state index in [-0.39, 0.29) is 6.92 Å². The molecule has 0 spiro atoms. The summed E-state index contributed by atoms with van der Waals surface area (Å²) < 4.78 is 222. The molecule has 0 aliphatic heterocycles. The highest BCUT2D eigenvalue weighted by Crippen LogP contribution is 2.64. The first-order chi connectivity index (χ1) is 12.3. The van der Waals surface area contributed by atoms with Gasteiger partial charge in [-0.25, -0.2) is 4.39 Å². The Morgan fingerprint density at radius 3 is 0.966 bits per heavy atom. The van der Waals surface area contributed by atoms with Crippen molar-refractivity contribution < 1.29 is 74.6 Å². The minimum Gasteiger partial charge on any atom is -0.241 e. The zero-order valence-electron chi connectivity index (χ0n) is 13.7. The molecule has 0 heterocycles. The van der Waals surface area contributed by atoms with Crippen LogP contribution in [0.4, 0.5) is 74.6 Å². The van der Waals surface area contributed by atoms with Crippen molar-refractivity contribution in [2.75, 3.05) is 0 Å². The van der Waals surface area contributed by atoms with Crippen LogP contribution in [-0.2, 0) is 0 Å². The van der Waals surface area contributed by atoms with E-state index >= 15 is 0 Å². The molecule has 0 N–H and O–H groups in total. The number of rotatable bonds is 9. The summed E-state index contributed by atoms with van der Waals surface area (Å²) in [4.78, 5) is 0. The quantitative estimate of drug-likeness (QED) is 0.320. The fourth-order valence-corrected chi connectivity index (χ4v) is 1.70. The normalized spacial score (nSPS) is 17.5. The number of hydrogen-bond donors (Lipinski definition) is 0. The summed E-state index contributed by atoms with van der Waals surface area (Å²) >= 11 is 0. The van der Waals surface area contributed by atoms with Gasteiger partial charge in [-0.05, 0) is 6.92 Å². The van der Waals surface area contributed by atoms with Crippen molar-refractivity contribution in [3.8, 4) is 0 Å². The Hall–Kier alpha value is -1.19. The maximum atomic E-state index is 13.3. The number of hydrogen-bond acceptors (Lipinski definition) is 0. The summed E-state index contributed by atoms with van der Waals surface area (Å²) in [5.41, 5.74) is 0. The molecule has 1 atom stereocenters. The Morgan fingerprint density at radius 2 is 0.724 bits per heavy atom. The molecule has 0 rings (SSSR count). The predicted molar refractivity (Wildman–Crippen MR) is 60.4 cm³/mol. The first-order valence-corrected chi connectivity index (χ1v) is 6.92. The third-order valence-electron chi connectivity index (χ3n) is 3.79. The van der Waals surface area contributed by atoms with Gasteiger partial charge < -0.3 is 0 Å². The van der Waals surface area contributed by atoms with Gasteiger partial charge >= 0.3 is 47.4 Å². The molecule has 0 aliphatic carbocycles. The smallest absolute Gasteiger partial charge is 0.241 e. The van der Waals surface area contributed by atoms with Gasteiger partial charge in [0.1, 0.15) is 0 Å². The Kier molecular flexibility index (Phi) is 6.63. The summed E-state index contributed by atoms with van der Waals surface area (Å²) in [6.07, 6.45) is -6.90. The van der Waals surface area contributed by atoms with Gasteiger partial charge in [0.25, 0.3) is 0 Å². The summed E-state index contributed by atoms with van der Waals surface area (Å²) in [5.74, 6) is -62.0. The van der Waals surface area contributed by atoms with E-state index in [1.165, 1.54) is 0 Å². The third kappa shape index (κ3) is 3.29. The van der Waals surface area contributed by atoms with Crippen LogP contribution < -0.4 is 0 Å². The summed E-state index contributed by atoms with van der Waals surface area (Å²) in [5, 5.41) is 0. The van der Waals surface area contributed by atoms with E-state index in [9.17, 15) is 74.6 Å². The van der Waals surface area contributed by atoms with Crippen molar-refractivity contribution in [2.24, 2.45) is 0 Å². The Balaban J connectivity index is 6.76. The van der Waals surface area contributed by atoms with Crippen LogP contribution in [0.2, 0.25) is 0 Å². The minimum absolute atomic E-state index is 0.0494. The predicted octanol–water partition coefficient (Wildman–Crippen LogP) is 6.84. The summed E-state index contributed by atoms with van der Waals surface area (Å²) in [6, 6.07) is 0. The lowest BCUT2D eigenvalue weighted by atomic mass is 9.86. The van der Waals surface area contributed by atoms with Crippen LogP contribution in [0.1, 0.15) is 20.3 Å². The average molecular weight is 476 g/mol. The van der Waals surface area contributed by atoms with E-state index in [4.69, 9.17) is 0 Å². The molecule has 0 aromatic carbocycles. The molecule has 0 aliphatic rings. The highest BCUT2D eigenvalue weighted by Gasteiger charge is 2.94. The van der Waals surface area contributed by atoms with E-state index in [1.807, 2.05) is 0 Å². The summed E-state index contributed by atoms with van der Waals surface area (Å²) in [6.45, 7) is -0.683. The molecule has 29 heavy (non-hydrogen) atoms. The maximum absolute atomic E-state index is 13.3. The van der Waals surface area contributed by atoms with E-state index < -0.39 is 66.9 Å². The Morgan fingerprint density at radius 1 is 0.483 bits per heavy atom. The molecule has 0 saturated carbocycles. The van der Waals surface area contributed by atoms with Crippen LogP contribution in [0.3, 0.4) is 0 Å². The molecule has 0 fully saturated rings. The van der Waals surface area contributed by atoms with Gasteiger partial charge in [-0.1, -0.05) is 6.92 Å². The van der Waals surface area contributed by atoms with Crippen LogP contribution in [0.25, 0.3) is 0 Å². The standard InChI is InChI=1S/C12H9F17/c1-3-5(14,15)7(18,19)9(22,23)11(26,27)12(28,29)10(24,25)8(20,21)6(16,17)4(2)13/h4H,3H2,1-2H3. The van der Waals surface area contributed by atoms with Crippen molar-refractivity contribution in [2.45, 2.75) is 73.8 Å². The van der Waals surface area contributed by atoms with E-state index in [2.05, 4.69) is 0 Å². The Labute approximate surface area is 150 Å². The highest BCUT2D eigenvalue weighted by molar-refractivity contribution is 5.16. The van der Waals surface area contributed by atoms with Crippen LogP contribution in [0.5, 0.6) is 0 Å². The van der Waals surface area contributed by atoms with Crippen molar-refractivity contribution >= 4 is 0 Å². The molecule has 17 heteroatoms. The Bertz CT molecular complexity index is 587. The van der Waals surface area contributed by atoms with Gasteiger partial charge in [-0.3, -0.25) is 0 Å². The monoisotopic (exact) mass is 476 g/mol. The van der Waals surface area contributed by atoms with Gasteiger partial charge in [0.05, 0.1) is 0 Å². The first kappa shape index (κ1) is 27.8. The second kappa shape index (κ2) is 6.92. The SMILES string of the molecule is CCC(F)(F)C(F)(F)C(F)(F)C(F)(F)C(F)(F)C(F)(F)C(F)(F)C(F)(F)C(C)F. The maximum Gasteiger partial charge on any atom is 0.385 e. The van der Waals surface area contributed by atoms with Crippen LogP contribution in [-0.4, -0.2) is 53.6 Å². The molecule has 0 amide bonds. The average Bonchev–Trinajstić information content (AvgIpc) is 2.53. The van der Waals surface area contributed by atoms with Gasteiger partial charge in [-0.15, -0.1) is 0 Å². The fraction of sp³-hybridized carbons (Fsp3) is 1.00. The second-order valence-corrected chi connectivity index (χ2v) is 5.74. The van der Waals surface area contributed by atoms with E-state index in [0.29, 0.717) is 0 Å². The molecular weight excluding hydrogens is 467 g/mol. The third-order valence-corrected chi connectivity index (χ3v) is 3.79. The van der Waals surface area contributed by atoms with Crippen molar-refractivity contribution in [1.82, 2.24) is 0 Å². The lowest BCUT2D eigenvalue weighted by Gasteiger charge is -2.43. The lowest BCUT2D eigenvalue weighted by Crippen LogP contribution is -2.75. The molecule has 0 nitrogen and oxygen atoms in total. The lowest BCUT2D eigenvalue weighted by molar-refractivity contribution is -0.455. The molecular formula is C12H9F17. The van der Waals surface area contributed by atoms with Crippen LogP contribution in [0, 0.1) is 0 Å². The molecule has 0 aromatic rings. The fourth-order valence-electron chi connectivity index (χ4n) is 1.70. The van der Waals surface area contributed by atoms with E-state index in [0.717, 1.165) is 0 Å². The van der Waals surface area contributed by atoms with Crippen LogP contribution >= 0.6 is 0 Å². The minimum atomic E-state index is -8.50. The molecule has 0 saturated heterocycles. The molecule has 1 unspecified atom stereocenters. The van der Waals surface area contributed by atoms with Gasteiger partial charge in [-0.2, -0.15) is 70.2 Å². The number of alkyl halides is 17. The van der Waals surface area contributed by atoms with Gasteiger partial charge in [0.15, 0.2) is 6.17 Å². The highest BCUT2D eigenvalue weighted by atomic mass is 19.4. The molecule has 0 radical (unpaired) electrons. The summed E-state index contributed by atoms with van der Waals surface area (Å²) in [7, 11) is 0. The van der Waals surface area contributed by atoms with Gasteiger partial charge in [0.2, 0.25) is 0 Å². The van der Waals surface area contributed by atoms with Crippen LogP contribution in [0.15, 0.2) is 0 Å². The van der Waals surface area contributed by atoms with Crippen molar-refractivity contribution in [3.63, 3.8) is 0 Å². The van der Waals surface area contributed by atoms with Gasteiger partial charge in [0, 0.05) is 6.42 Å². The first-order valence-electron chi connectivity index (χ1n) is 6.92. The topological polar surface area (TPSA) is 0 Å². The van der Waals surface area contributed by atoms with Crippen molar-refractivity contribution in [1.29, 1.82) is 0 Å². The van der Waals surface area contributed by atoms with Crippen molar-refractivity contribution in [3.05, 3.63) is 0 Å². The molecule has 176 valence electrons. The zero-order valence-corrected chi connectivity index (χ0v) is 13.7. The molecule has 0 bridgehead atoms. The zero-order chi connectivity index (χ0) is 24.3. The second-order valence-electron chi connectivity index (χ2n) is 5.74. The van der Waals surface area contributed by atoms with E-state index in [1.54, 1.807) is 0 Å². The largest absolute Gasteiger partial charge is 0.385 e.